The maximum absolute atomic E-state index is 12.0. The molecule has 0 aromatic carbocycles. The molecule has 28 heavy (non-hydrogen) atoms. The van der Waals surface area contributed by atoms with Crippen molar-refractivity contribution in [2.75, 3.05) is 20.3 Å². The van der Waals surface area contributed by atoms with Gasteiger partial charge in [-0.3, -0.25) is 4.90 Å². The summed E-state index contributed by atoms with van der Waals surface area (Å²) in [5, 5.41) is 0. The standard InChI is InChI=1S/C23H43NO4/c1-5-7-8-9-10-11-12-13-14-15-16-17-18-20-27-22(25)21(3)24(4)23(26)28-19-6-2/h6,21H,2,5,7-20H2,1,3-4H3. The molecule has 0 spiro atoms. The van der Waals surface area contributed by atoms with E-state index in [0.717, 1.165) is 12.8 Å². The molecule has 0 aliphatic rings. The summed E-state index contributed by atoms with van der Waals surface area (Å²) in [6.07, 6.45) is 17.6. The van der Waals surface area contributed by atoms with Gasteiger partial charge in [-0.2, -0.15) is 0 Å². The molecule has 0 aromatic heterocycles. The Morgan fingerprint density at radius 1 is 0.857 bits per heavy atom. The number of rotatable bonds is 18. The van der Waals surface area contributed by atoms with Crippen LogP contribution < -0.4 is 0 Å². The number of hydrogen-bond donors (Lipinski definition) is 0. The van der Waals surface area contributed by atoms with Gasteiger partial charge in [0.2, 0.25) is 0 Å². The van der Waals surface area contributed by atoms with Gasteiger partial charge in [0, 0.05) is 7.05 Å². The third kappa shape index (κ3) is 14.5. The molecule has 5 nitrogen and oxygen atoms in total. The highest BCUT2D eigenvalue weighted by Crippen LogP contribution is 2.12. The SMILES string of the molecule is C=CCOC(=O)N(C)C(C)C(=O)OCCCCCCCCCCCCCCC. The molecule has 0 saturated carbocycles. The van der Waals surface area contributed by atoms with Gasteiger partial charge in [0.25, 0.3) is 0 Å². The van der Waals surface area contributed by atoms with Crippen LogP contribution in [0.1, 0.15) is 97.3 Å². The molecule has 0 rings (SSSR count). The van der Waals surface area contributed by atoms with Crippen LogP contribution in [0.25, 0.3) is 0 Å². The van der Waals surface area contributed by atoms with Gasteiger partial charge in [-0.25, -0.2) is 9.59 Å². The van der Waals surface area contributed by atoms with E-state index in [9.17, 15) is 9.59 Å². The quantitative estimate of drug-likeness (QED) is 0.155. The van der Waals surface area contributed by atoms with Crippen molar-refractivity contribution < 1.29 is 19.1 Å². The lowest BCUT2D eigenvalue weighted by Crippen LogP contribution is -2.41. The lowest BCUT2D eigenvalue weighted by Gasteiger charge is -2.22. The van der Waals surface area contributed by atoms with Gasteiger partial charge in [0.15, 0.2) is 0 Å². The van der Waals surface area contributed by atoms with Gasteiger partial charge in [-0.15, -0.1) is 0 Å². The summed E-state index contributed by atoms with van der Waals surface area (Å²) >= 11 is 0. The zero-order valence-corrected chi connectivity index (χ0v) is 18.5. The van der Waals surface area contributed by atoms with Crippen LogP contribution in [0.15, 0.2) is 12.7 Å². The number of ether oxygens (including phenoxy) is 2. The van der Waals surface area contributed by atoms with Gasteiger partial charge >= 0.3 is 12.1 Å². The van der Waals surface area contributed by atoms with Crippen molar-refractivity contribution >= 4 is 12.1 Å². The number of amides is 1. The first kappa shape index (κ1) is 26.5. The molecule has 164 valence electrons. The second-order valence-electron chi connectivity index (χ2n) is 7.56. The molecule has 0 aliphatic carbocycles. The van der Waals surface area contributed by atoms with E-state index in [1.807, 2.05) is 0 Å². The van der Waals surface area contributed by atoms with E-state index in [-0.39, 0.29) is 6.61 Å². The predicted molar refractivity (Wildman–Crippen MR) is 115 cm³/mol. The Morgan fingerprint density at radius 3 is 1.79 bits per heavy atom. The zero-order chi connectivity index (χ0) is 21.0. The van der Waals surface area contributed by atoms with E-state index >= 15 is 0 Å². The monoisotopic (exact) mass is 397 g/mol. The van der Waals surface area contributed by atoms with E-state index in [1.54, 1.807) is 6.92 Å². The fraction of sp³-hybridized carbons (Fsp3) is 0.826. The molecule has 1 unspecified atom stereocenters. The lowest BCUT2D eigenvalue weighted by molar-refractivity contribution is -0.148. The number of nitrogens with zero attached hydrogens (tertiary/aromatic N) is 1. The number of esters is 1. The van der Waals surface area contributed by atoms with Crippen LogP contribution in [0.3, 0.4) is 0 Å². The second-order valence-corrected chi connectivity index (χ2v) is 7.56. The topological polar surface area (TPSA) is 55.8 Å². The van der Waals surface area contributed by atoms with Crippen LogP contribution in [0.5, 0.6) is 0 Å². The smallest absolute Gasteiger partial charge is 0.410 e. The van der Waals surface area contributed by atoms with Crippen LogP contribution >= 0.6 is 0 Å². The Balaban J connectivity index is 3.51. The van der Waals surface area contributed by atoms with E-state index in [2.05, 4.69) is 13.5 Å². The van der Waals surface area contributed by atoms with Crippen molar-refractivity contribution in [3.05, 3.63) is 12.7 Å². The lowest BCUT2D eigenvalue weighted by atomic mass is 10.0. The Kier molecular flexibility index (Phi) is 17.8. The van der Waals surface area contributed by atoms with Gasteiger partial charge in [-0.05, 0) is 13.3 Å². The Hall–Kier alpha value is -1.52. The molecule has 0 fully saturated rings. The van der Waals surface area contributed by atoms with Crippen molar-refractivity contribution in [3.63, 3.8) is 0 Å². The fourth-order valence-corrected chi connectivity index (χ4v) is 2.96. The van der Waals surface area contributed by atoms with E-state index in [0.29, 0.717) is 6.61 Å². The first-order valence-electron chi connectivity index (χ1n) is 11.2. The molecule has 0 radical (unpaired) electrons. The third-order valence-corrected chi connectivity index (χ3v) is 5.03. The summed E-state index contributed by atoms with van der Waals surface area (Å²) in [7, 11) is 1.53. The van der Waals surface area contributed by atoms with Crippen molar-refractivity contribution in [1.82, 2.24) is 4.90 Å². The van der Waals surface area contributed by atoms with Crippen LogP contribution in [-0.2, 0) is 14.3 Å². The molecule has 0 N–H and O–H groups in total. The highest BCUT2D eigenvalue weighted by Gasteiger charge is 2.24. The number of carbonyl (C=O) groups is 2. The minimum absolute atomic E-state index is 0.129. The van der Waals surface area contributed by atoms with Crippen molar-refractivity contribution in [1.29, 1.82) is 0 Å². The Bertz CT molecular complexity index is 411. The second kappa shape index (κ2) is 18.8. The summed E-state index contributed by atoms with van der Waals surface area (Å²) < 4.78 is 10.2. The maximum Gasteiger partial charge on any atom is 0.410 e. The molecule has 1 amide bonds. The average molecular weight is 398 g/mol. The van der Waals surface area contributed by atoms with E-state index in [4.69, 9.17) is 9.47 Å². The first-order chi connectivity index (χ1) is 13.5. The molecule has 0 heterocycles. The largest absolute Gasteiger partial charge is 0.464 e. The van der Waals surface area contributed by atoms with Crippen LogP contribution in [0.4, 0.5) is 4.79 Å². The Labute approximate surface area is 172 Å². The first-order valence-corrected chi connectivity index (χ1v) is 11.2. The number of likely N-dealkylation sites (N-methyl/N-ethyl adjacent to an activating group) is 1. The van der Waals surface area contributed by atoms with Gasteiger partial charge < -0.3 is 9.47 Å². The summed E-state index contributed by atoms with van der Waals surface area (Å²) in [5.74, 6) is -0.392. The van der Waals surface area contributed by atoms with Gasteiger partial charge in [0.1, 0.15) is 12.6 Å². The number of unbranched alkanes of at least 4 members (excludes halogenated alkanes) is 12. The highest BCUT2D eigenvalue weighted by molar-refractivity contribution is 5.80. The minimum Gasteiger partial charge on any atom is -0.464 e. The highest BCUT2D eigenvalue weighted by atomic mass is 16.6. The molecule has 1 atom stereocenters. The van der Waals surface area contributed by atoms with Crippen molar-refractivity contribution in [2.45, 2.75) is 103 Å². The third-order valence-electron chi connectivity index (χ3n) is 5.03. The summed E-state index contributed by atoms with van der Waals surface area (Å²) in [6, 6.07) is -0.653. The van der Waals surface area contributed by atoms with Crippen LogP contribution in [0.2, 0.25) is 0 Å². The van der Waals surface area contributed by atoms with Crippen LogP contribution in [0, 0.1) is 0 Å². The van der Waals surface area contributed by atoms with E-state index < -0.39 is 18.1 Å². The summed E-state index contributed by atoms with van der Waals surface area (Å²) in [5.41, 5.74) is 0. The molecule has 0 bridgehead atoms. The molecule has 5 heteroatoms. The number of hydrogen-bond acceptors (Lipinski definition) is 4. The molecule has 0 saturated heterocycles. The van der Waals surface area contributed by atoms with Crippen LogP contribution in [-0.4, -0.2) is 43.3 Å². The van der Waals surface area contributed by atoms with Gasteiger partial charge in [0.05, 0.1) is 6.61 Å². The average Bonchev–Trinajstić information content (AvgIpc) is 2.70. The van der Waals surface area contributed by atoms with E-state index in [1.165, 1.54) is 88.7 Å². The van der Waals surface area contributed by atoms with Crippen molar-refractivity contribution in [2.24, 2.45) is 0 Å². The molecule has 0 aliphatic heterocycles. The summed E-state index contributed by atoms with van der Waals surface area (Å²) in [6.45, 7) is 7.93. The zero-order valence-electron chi connectivity index (χ0n) is 18.5. The summed E-state index contributed by atoms with van der Waals surface area (Å²) in [4.78, 5) is 24.9. The molecular formula is C23H43NO4. The fourth-order valence-electron chi connectivity index (χ4n) is 2.96. The van der Waals surface area contributed by atoms with Gasteiger partial charge in [-0.1, -0.05) is 96.6 Å². The minimum atomic E-state index is -0.653. The maximum atomic E-state index is 12.0. The van der Waals surface area contributed by atoms with Crippen molar-refractivity contribution in [3.8, 4) is 0 Å². The molecule has 0 aromatic rings. The Morgan fingerprint density at radius 2 is 1.32 bits per heavy atom. The number of carbonyl (C=O) groups excluding carboxylic acids is 2. The normalized spacial score (nSPS) is 11.7. The predicted octanol–water partition coefficient (Wildman–Crippen LogP) is 6.26. The molecular weight excluding hydrogens is 354 g/mol.